The van der Waals surface area contributed by atoms with Crippen molar-refractivity contribution in [3.63, 3.8) is 0 Å². The molecule has 5 nitrogen and oxygen atoms in total. The Morgan fingerprint density at radius 2 is 1.50 bits per heavy atom. The van der Waals surface area contributed by atoms with Crippen molar-refractivity contribution in [1.82, 2.24) is 15.0 Å². The van der Waals surface area contributed by atoms with Crippen molar-refractivity contribution in [2.24, 2.45) is 0 Å². The number of nitrogens with zero attached hydrogens (tertiary/aromatic N) is 4. The minimum Gasteiger partial charge on any atom is -0.324 e. The Bertz CT molecular complexity index is 749. The monoisotopic (exact) mass is 311 g/mol. The highest BCUT2D eigenvalue weighted by Crippen LogP contribution is 2.22. The molecule has 110 valence electrons. The second-order valence-corrected chi connectivity index (χ2v) is 4.95. The van der Waals surface area contributed by atoms with Gasteiger partial charge < -0.3 is 10.2 Å². The van der Waals surface area contributed by atoms with Crippen LogP contribution in [0.1, 0.15) is 0 Å². The molecule has 0 radical (unpaired) electrons. The van der Waals surface area contributed by atoms with Crippen LogP contribution in [0.25, 0.3) is 0 Å². The maximum Gasteiger partial charge on any atom is 0.235 e. The lowest BCUT2D eigenvalue weighted by Gasteiger charge is -2.17. The molecule has 0 aliphatic heterocycles. The minimum atomic E-state index is 0.145. The van der Waals surface area contributed by atoms with E-state index in [0.717, 1.165) is 11.4 Å². The second kappa shape index (κ2) is 6.41. The number of aromatic nitrogens is 3. The van der Waals surface area contributed by atoms with Crippen LogP contribution in [0.3, 0.4) is 0 Å². The summed E-state index contributed by atoms with van der Waals surface area (Å²) in [6, 6.07) is 19.5. The number of para-hydroxylation sites is 2. The molecule has 0 fully saturated rings. The maximum atomic E-state index is 6.02. The zero-order valence-electron chi connectivity index (χ0n) is 11.9. The molecule has 1 N–H and O–H groups in total. The number of hydrogen-bond acceptors (Lipinski definition) is 5. The Hall–Kier alpha value is -2.66. The molecule has 0 spiro atoms. The van der Waals surface area contributed by atoms with Gasteiger partial charge in [0.2, 0.25) is 17.2 Å². The first-order valence-corrected chi connectivity index (χ1v) is 7.12. The Morgan fingerprint density at radius 1 is 0.864 bits per heavy atom. The molecular weight excluding hydrogens is 298 g/mol. The molecule has 0 amide bonds. The number of halogens is 1. The first kappa shape index (κ1) is 14.3. The number of rotatable bonds is 4. The van der Waals surface area contributed by atoms with Gasteiger partial charge in [-0.25, -0.2) is 0 Å². The number of anilines is 4. The van der Waals surface area contributed by atoms with Crippen LogP contribution in [0, 0.1) is 0 Å². The minimum absolute atomic E-state index is 0.145. The SMILES string of the molecule is CN(c1ccccc1)c1nc(Cl)nc(Nc2ccccc2)n1. The fourth-order valence-corrected chi connectivity index (χ4v) is 2.12. The van der Waals surface area contributed by atoms with E-state index < -0.39 is 0 Å². The van der Waals surface area contributed by atoms with E-state index in [9.17, 15) is 0 Å². The topological polar surface area (TPSA) is 53.9 Å². The van der Waals surface area contributed by atoms with E-state index >= 15 is 0 Å². The quantitative estimate of drug-likeness (QED) is 0.788. The first-order chi connectivity index (χ1) is 10.7. The Morgan fingerprint density at radius 3 is 2.18 bits per heavy atom. The largest absolute Gasteiger partial charge is 0.324 e. The van der Waals surface area contributed by atoms with Crippen LogP contribution in [0.15, 0.2) is 60.7 Å². The average molecular weight is 312 g/mol. The van der Waals surface area contributed by atoms with E-state index in [0.29, 0.717) is 11.9 Å². The van der Waals surface area contributed by atoms with Crippen LogP contribution in [0.2, 0.25) is 5.28 Å². The summed E-state index contributed by atoms with van der Waals surface area (Å²) in [5, 5.41) is 3.26. The van der Waals surface area contributed by atoms with Gasteiger partial charge in [-0.15, -0.1) is 0 Å². The van der Waals surface area contributed by atoms with E-state index in [4.69, 9.17) is 11.6 Å². The lowest BCUT2D eigenvalue weighted by atomic mass is 10.3. The van der Waals surface area contributed by atoms with Crippen LogP contribution < -0.4 is 10.2 Å². The molecule has 0 unspecified atom stereocenters. The predicted molar refractivity (Wildman–Crippen MR) is 89.1 cm³/mol. The molecule has 0 atom stereocenters. The number of hydrogen-bond donors (Lipinski definition) is 1. The molecule has 1 heterocycles. The van der Waals surface area contributed by atoms with E-state index in [2.05, 4.69) is 20.3 Å². The van der Waals surface area contributed by atoms with Gasteiger partial charge in [0.15, 0.2) is 0 Å². The van der Waals surface area contributed by atoms with Crippen molar-refractivity contribution in [3.05, 3.63) is 65.9 Å². The molecule has 0 bridgehead atoms. The van der Waals surface area contributed by atoms with Gasteiger partial charge in [-0.05, 0) is 35.9 Å². The highest BCUT2D eigenvalue weighted by Gasteiger charge is 2.11. The van der Waals surface area contributed by atoms with Gasteiger partial charge in [0.25, 0.3) is 0 Å². The molecular formula is C16H14ClN5. The van der Waals surface area contributed by atoms with Crippen molar-refractivity contribution in [3.8, 4) is 0 Å². The summed E-state index contributed by atoms with van der Waals surface area (Å²) in [6.07, 6.45) is 0. The van der Waals surface area contributed by atoms with Crippen LogP contribution in [0.5, 0.6) is 0 Å². The predicted octanol–water partition coefficient (Wildman–Crippen LogP) is 4.04. The van der Waals surface area contributed by atoms with Crippen LogP contribution in [0.4, 0.5) is 23.3 Å². The molecule has 0 aliphatic rings. The Labute approximate surface area is 133 Å². The first-order valence-electron chi connectivity index (χ1n) is 6.75. The third kappa shape index (κ3) is 3.32. The fraction of sp³-hybridized carbons (Fsp3) is 0.0625. The van der Waals surface area contributed by atoms with Gasteiger partial charge >= 0.3 is 0 Å². The Kier molecular flexibility index (Phi) is 4.16. The highest BCUT2D eigenvalue weighted by molar-refractivity contribution is 6.28. The smallest absolute Gasteiger partial charge is 0.235 e. The molecule has 3 aromatic rings. The summed E-state index contributed by atoms with van der Waals surface area (Å²) in [7, 11) is 1.88. The van der Waals surface area contributed by atoms with Crippen LogP contribution in [-0.2, 0) is 0 Å². The zero-order chi connectivity index (χ0) is 15.4. The third-order valence-electron chi connectivity index (χ3n) is 3.07. The average Bonchev–Trinajstić information content (AvgIpc) is 2.55. The fourth-order valence-electron chi connectivity index (χ4n) is 1.96. The second-order valence-electron chi connectivity index (χ2n) is 4.61. The summed E-state index contributed by atoms with van der Waals surface area (Å²) < 4.78 is 0. The lowest BCUT2D eigenvalue weighted by Crippen LogP contribution is -2.14. The van der Waals surface area contributed by atoms with Crippen LogP contribution in [-0.4, -0.2) is 22.0 Å². The van der Waals surface area contributed by atoms with Gasteiger partial charge in [0, 0.05) is 18.4 Å². The molecule has 0 aliphatic carbocycles. The van der Waals surface area contributed by atoms with Gasteiger partial charge in [0.1, 0.15) is 0 Å². The van der Waals surface area contributed by atoms with Crippen molar-refractivity contribution >= 4 is 34.9 Å². The summed E-state index contributed by atoms with van der Waals surface area (Å²) in [6.45, 7) is 0. The van der Waals surface area contributed by atoms with E-state index in [1.807, 2.05) is 72.6 Å². The van der Waals surface area contributed by atoms with Gasteiger partial charge in [-0.2, -0.15) is 15.0 Å². The van der Waals surface area contributed by atoms with Crippen molar-refractivity contribution < 1.29 is 0 Å². The molecule has 0 saturated heterocycles. The number of benzene rings is 2. The highest BCUT2D eigenvalue weighted by atomic mass is 35.5. The summed E-state index contributed by atoms with van der Waals surface area (Å²) >= 11 is 6.02. The van der Waals surface area contributed by atoms with Gasteiger partial charge in [-0.3, -0.25) is 0 Å². The third-order valence-corrected chi connectivity index (χ3v) is 3.24. The van der Waals surface area contributed by atoms with Crippen molar-refractivity contribution in [2.75, 3.05) is 17.3 Å². The Balaban J connectivity index is 1.90. The molecule has 3 rings (SSSR count). The van der Waals surface area contributed by atoms with Gasteiger partial charge in [0.05, 0.1) is 0 Å². The summed E-state index contributed by atoms with van der Waals surface area (Å²) in [5.74, 6) is 0.883. The van der Waals surface area contributed by atoms with Gasteiger partial charge in [-0.1, -0.05) is 36.4 Å². The van der Waals surface area contributed by atoms with E-state index in [-0.39, 0.29) is 5.28 Å². The molecule has 6 heteroatoms. The van der Waals surface area contributed by atoms with Crippen molar-refractivity contribution in [2.45, 2.75) is 0 Å². The van der Waals surface area contributed by atoms with Crippen LogP contribution >= 0.6 is 11.6 Å². The maximum absolute atomic E-state index is 6.02. The van der Waals surface area contributed by atoms with E-state index in [1.165, 1.54) is 0 Å². The normalized spacial score (nSPS) is 10.3. The summed E-state index contributed by atoms with van der Waals surface area (Å²) in [4.78, 5) is 14.6. The lowest BCUT2D eigenvalue weighted by molar-refractivity contribution is 0.991. The molecule has 2 aromatic carbocycles. The molecule has 0 saturated carbocycles. The summed E-state index contributed by atoms with van der Waals surface area (Å²) in [5.41, 5.74) is 1.86. The standard InChI is InChI=1S/C16H14ClN5/c1-22(13-10-6-3-7-11-13)16-20-14(17)19-15(21-16)18-12-8-4-2-5-9-12/h2-11H,1H3,(H,18,19,20,21). The van der Waals surface area contributed by atoms with Crippen molar-refractivity contribution in [1.29, 1.82) is 0 Å². The zero-order valence-corrected chi connectivity index (χ0v) is 12.7. The number of nitrogens with one attached hydrogen (secondary N) is 1. The van der Waals surface area contributed by atoms with E-state index in [1.54, 1.807) is 0 Å². The molecule has 1 aromatic heterocycles. The molecule has 22 heavy (non-hydrogen) atoms.